The summed E-state index contributed by atoms with van der Waals surface area (Å²) in [6, 6.07) is 18.1. The van der Waals surface area contributed by atoms with E-state index in [-0.39, 0.29) is 17.0 Å². The van der Waals surface area contributed by atoms with E-state index in [1.165, 1.54) is 38.4 Å². The topological polar surface area (TPSA) is 119 Å². The van der Waals surface area contributed by atoms with Crippen molar-refractivity contribution in [2.45, 2.75) is 24.3 Å². The molecule has 3 aromatic carbocycles. The molecule has 3 aromatic rings. The summed E-state index contributed by atoms with van der Waals surface area (Å²) in [5, 5.41) is 13.8. The fourth-order valence-corrected chi connectivity index (χ4v) is 4.81. The average Bonchev–Trinajstić information content (AvgIpc) is 2.84. The summed E-state index contributed by atoms with van der Waals surface area (Å²) in [6.45, 7) is 1.71. The Labute approximate surface area is 198 Å². The predicted molar refractivity (Wildman–Crippen MR) is 128 cm³/mol. The summed E-state index contributed by atoms with van der Waals surface area (Å²) < 4.78 is 32.9. The lowest BCUT2D eigenvalue weighted by atomic mass is 10.0. The Kier molecular flexibility index (Phi) is 7.64. The summed E-state index contributed by atoms with van der Waals surface area (Å²) in [7, 11) is -0.973. The molecule has 0 spiro atoms. The van der Waals surface area contributed by atoms with Crippen molar-refractivity contribution in [2.24, 2.45) is 0 Å². The summed E-state index contributed by atoms with van der Waals surface area (Å²) in [4.78, 5) is 23.7. The van der Waals surface area contributed by atoms with Crippen molar-refractivity contribution >= 4 is 27.3 Å². The molecule has 0 aliphatic carbocycles. The number of nitro benzene ring substituents is 1. The third kappa shape index (κ3) is 5.59. The third-order valence-electron chi connectivity index (χ3n) is 5.44. The van der Waals surface area contributed by atoms with Crippen molar-refractivity contribution in [3.8, 4) is 5.75 Å². The molecule has 34 heavy (non-hydrogen) atoms. The van der Waals surface area contributed by atoms with Gasteiger partial charge in [0.25, 0.3) is 5.69 Å². The number of carbonyl (C=O) groups excluding carboxylic acids is 1. The molecule has 0 saturated carbocycles. The van der Waals surface area contributed by atoms with E-state index >= 15 is 0 Å². The van der Waals surface area contributed by atoms with E-state index in [4.69, 9.17) is 4.74 Å². The van der Waals surface area contributed by atoms with Gasteiger partial charge in [0.2, 0.25) is 15.9 Å². The molecule has 0 aliphatic heterocycles. The number of nitrogens with zero attached hydrogens (tertiary/aromatic N) is 2. The Bertz CT molecular complexity index is 1280. The molecule has 9 nitrogen and oxygen atoms in total. The van der Waals surface area contributed by atoms with E-state index in [1.54, 1.807) is 55.5 Å². The SMILES string of the molecule is COc1ccc([C@H](CC(=O)Nc2cc([N+](=O)[O-])ccc2C)N(C)S(=O)(=O)c2ccccc2)cc1. The molecule has 178 valence electrons. The third-order valence-corrected chi connectivity index (χ3v) is 7.33. The van der Waals surface area contributed by atoms with Gasteiger partial charge in [-0.05, 0) is 42.3 Å². The van der Waals surface area contributed by atoms with Crippen LogP contribution in [0.25, 0.3) is 0 Å². The van der Waals surface area contributed by atoms with Gasteiger partial charge in [0.15, 0.2) is 0 Å². The molecule has 0 radical (unpaired) electrons. The van der Waals surface area contributed by atoms with Crippen LogP contribution < -0.4 is 10.1 Å². The lowest BCUT2D eigenvalue weighted by molar-refractivity contribution is -0.384. The zero-order valence-corrected chi connectivity index (χ0v) is 19.8. The summed E-state index contributed by atoms with van der Waals surface area (Å²) in [5.41, 5.74) is 1.37. The van der Waals surface area contributed by atoms with Gasteiger partial charge < -0.3 is 10.1 Å². The first kappa shape index (κ1) is 24.9. The van der Waals surface area contributed by atoms with E-state index in [1.807, 2.05) is 0 Å². The van der Waals surface area contributed by atoms with Crippen LogP contribution in [0, 0.1) is 17.0 Å². The highest BCUT2D eigenvalue weighted by molar-refractivity contribution is 7.89. The van der Waals surface area contributed by atoms with Gasteiger partial charge in [0.05, 0.1) is 28.7 Å². The average molecular weight is 484 g/mol. The van der Waals surface area contributed by atoms with Crippen LogP contribution in [0.15, 0.2) is 77.7 Å². The van der Waals surface area contributed by atoms with Crippen molar-refractivity contribution < 1.29 is 22.9 Å². The number of benzene rings is 3. The number of carbonyl (C=O) groups is 1. The van der Waals surface area contributed by atoms with Crippen molar-refractivity contribution in [2.75, 3.05) is 19.5 Å². The number of ether oxygens (including phenoxy) is 1. The van der Waals surface area contributed by atoms with Gasteiger partial charge in [0, 0.05) is 25.6 Å². The molecular weight excluding hydrogens is 458 g/mol. The number of anilines is 1. The smallest absolute Gasteiger partial charge is 0.271 e. The number of sulfonamides is 1. The minimum Gasteiger partial charge on any atom is -0.497 e. The van der Waals surface area contributed by atoms with E-state index in [0.29, 0.717) is 22.6 Å². The maximum absolute atomic E-state index is 13.3. The number of methoxy groups -OCH3 is 1. The van der Waals surface area contributed by atoms with Crippen molar-refractivity contribution in [3.63, 3.8) is 0 Å². The number of non-ortho nitro benzene ring substituents is 1. The first-order chi connectivity index (χ1) is 16.1. The molecule has 1 N–H and O–H groups in total. The highest BCUT2D eigenvalue weighted by Crippen LogP contribution is 2.31. The number of amides is 1. The van der Waals surface area contributed by atoms with Crippen molar-refractivity contribution in [1.82, 2.24) is 4.31 Å². The predicted octanol–water partition coefficient (Wildman–Crippen LogP) is 4.30. The van der Waals surface area contributed by atoms with E-state index in [0.717, 1.165) is 4.31 Å². The number of rotatable bonds is 9. The Morgan fingerprint density at radius 3 is 2.32 bits per heavy atom. The van der Waals surface area contributed by atoms with Crippen LogP contribution in [0.1, 0.15) is 23.6 Å². The molecule has 1 atom stereocenters. The fraction of sp³-hybridized carbons (Fsp3) is 0.208. The summed E-state index contributed by atoms with van der Waals surface area (Å²) in [6.07, 6.45) is -0.211. The van der Waals surface area contributed by atoms with Crippen LogP contribution in [0.4, 0.5) is 11.4 Å². The molecule has 0 unspecified atom stereocenters. The molecule has 10 heteroatoms. The number of nitro groups is 1. The molecule has 0 aromatic heterocycles. The monoisotopic (exact) mass is 483 g/mol. The van der Waals surface area contributed by atoms with Gasteiger partial charge in [-0.25, -0.2) is 8.42 Å². The molecule has 0 aliphatic rings. The second-order valence-corrected chi connectivity index (χ2v) is 9.63. The molecular formula is C24H25N3O6S. The van der Waals surface area contributed by atoms with E-state index in [9.17, 15) is 23.3 Å². The second kappa shape index (κ2) is 10.4. The Hall–Kier alpha value is -3.76. The minimum atomic E-state index is -3.91. The van der Waals surface area contributed by atoms with Crippen LogP contribution in [-0.4, -0.2) is 37.7 Å². The van der Waals surface area contributed by atoms with Crippen LogP contribution in [0.2, 0.25) is 0 Å². The van der Waals surface area contributed by atoms with Gasteiger partial charge in [-0.1, -0.05) is 36.4 Å². The quantitative estimate of drug-likeness (QED) is 0.358. The Morgan fingerprint density at radius 1 is 1.09 bits per heavy atom. The normalized spacial score (nSPS) is 12.2. The van der Waals surface area contributed by atoms with Crippen LogP contribution in [0.5, 0.6) is 5.75 Å². The van der Waals surface area contributed by atoms with Gasteiger partial charge >= 0.3 is 0 Å². The van der Waals surface area contributed by atoms with Gasteiger partial charge in [-0.15, -0.1) is 0 Å². The van der Waals surface area contributed by atoms with Gasteiger partial charge in [0.1, 0.15) is 5.75 Å². The maximum atomic E-state index is 13.3. The maximum Gasteiger partial charge on any atom is 0.271 e. The number of nitrogens with one attached hydrogen (secondary N) is 1. The van der Waals surface area contributed by atoms with E-state index in [2.05, 4.69) is 5.32 Å². The molecule has 3 rings (SSSR count). The van der Waals surface area contributed by atoms with Crippen LogP contribution in [-0.2, 0) is 14.8 Å². The summed E-state index contributed by atoms with van der Waals surface area (Å²) in [5.74, 6) is 0.104. The highest BCUT2D eigenvalue weighted by Gasteiger charge is 2.31. The zero-order valence-electron chi connectivity index (χ0n) is 19.0. The number of hydrogen-bond donors (Lipinski definition) is 1. The molecule has 0 fully saturated rings. The first-order valence-electron chi connectivity index (χ1n) is 10.4. The lowest BCUT2D eigenvalue weighted by Crippen LogP contribution is -2.34. The Morgan fingerprint density at radius 2 is 1.74 bits per heavy atom. The molecule has 1 amide bonds. The van der Waals surface area contributed by atoms with Gasteiger partial charge in [-0.3, -0.25) is 14.9 Å². The highest BCUT2D eigenvalue weighted by atomic mass is 32.2. The standard InChI is InChI=1S/C24H25N3O6S/c1-17-9-12-19(27(29)30)15-22(17)25-24(28)16-23(18-10-13-20(33-3)14-11-18)26(2)34(31,32)21-7-5-4-6-8-21/h4-15,23H,16H2,1-3H3,(H,25,28)/t23-/m0/s1. The molecule has 0 bridgehead atoms. The Balaban J connectivity index is 1.93. The largest absolute Gasteiger partial charge is 0.497 e. The van der Waals surface area contributed by atoms with Gasteiger partial charge in [-0.2, -0.15) is 4.31 Å². The number of aryl methyl sites for hydroxylation is 1. The minimum absolute atomic E-state index is 0.103. The summed E-state index contributed by atoms with van der Waals surface area (Å²) >= 11 is 0. The number of hydrogen-bond acceptors (Lipinski definition) is 6. The molecule has 0 saturated heterocycles. The first-order valence-corrected chi connectivity index (χ1v) is 11.8. The van der Waals surface area contributed by atoms with E-state index < -0.39 is 26.9 Å². The van der Waals surface area contributed by atoms with Crippen LogP contribution in [0.3, 0.4) is 0 Å². The van der Waals surface area contributed by atoms with Crippen molar-refractivity contribution in [1.29, 1.82) is 0 Å². The van der Waals surface area contributed by atoms with Crippen LogP contribution >= 0.6 is 0 Å². The molecule has 0 heterocycles. The lowest BCUT2D eigenvalue weighted by Gasteiger charge is -2.28. The zero-order chi connectivity index (χ0) is 24.9. The second-order valence-electron chi connectivity index (χ2n) is 7.63. The van der Waals surface area contributed by atoms with Crippen molar-refractivity contribution in [3.05, 3.63) is 94.0 Å². The fourth-order valence-electron chi connectivity index (χ4n) is 3.44.